The molecule has 3 aromatic heterocycles. The van der Waals surface area contributed by atoms with E-state index in [1.165, 1.54) is 12.3 Å². The summed E-state index contributed by atoms with van der Waals surface area (Å²) >= 11 is 0. The summed E-state index contributed by atoms with van der Waals surface area (Å²) in [5.74, 6) is 0.250. The molecular formula is C19H20FN7O. The minimum atomic E-state index is -0.556. The molecule has 0 bridgehead atoms. The number of hydrogen-bond acceptors (Lipinski definition) is 6. The van der Waals surface area contributed by atoms with E-state index >= 15 is 0 Å². The Morgan fingerprint density at radius 1 is 1.29 bits per heavy atom. The Balaban J connectivity index is 1.49. The molecule has 1 saturated carbocycles. The summed E-state index contributed by atoms with van der Waals surface area (Å²) in [6, 6.07) is 6.59. The van der Waals surface area contributed by atoms with Gasteiger partial charge < -0.3 is 15.6 Å². The smallest absolute Gasteiger partial charge is 0.266 e. The van der Waals surface area contributed by atoms with E-state index in [2.05, 4.69) is 25.5 Å². The standard InChI is InChI=1S/C19H20FN7O/c1-27-14(17(21)28)10-23-18(27)13-5-6-15(26-25-13)24-11-19(7-3-8-19)16-12(20)4-2-9-22-16/h2,4-6,9-10H,3,7-8,11H2,1H3,(H2,21,28)(H,24,26). The molecule has 3 heterocycles. The van der Waals surface area contributed by atoms with Gasteiger partial charge in [0, 0.05) is 25.2 Å². The first-order valence-corrected chi connectivity index (χ1v) is 9.01. The van der Waals surface area contributed by atoms with E-state index in [9.17, 15) is 9.18 Å². The van der Waals surface area contributed by atoms with Crippen molar-refractivity contribution in [1.82, 2.24) is 24.7 Å². The van der Waals surface area contributed by atoms with E-state index in [0.29, 0.717) is 35.3 Å². The van der Waals surface area contributed by atoms with Crippen LogP contribution in [0.2, 0.25) is 0 Å². The minimum absolute atomic E-state index is 0.273. The Hall–Kier alpha value is -3.36. The second kappa shape index (κ2) is 6.99. The summed E-state index contributed by atoms with van der Waals surface area (Å²) in [6.45, 7) is 0.531. The van der Waals surface area contributed by atoms with Crippen molar-refractivity contribution in [2.45, 2.75) is 24.7 Å². The topological polar surface area (TPSA) is 112 Å². The van der Waals surface area contributed by atoms with Crippen molar-refractivity contribution < 1.29 is 9.18 Å². The largest absolute Gasteiger partial charge is 0.368 e. The van der Waals surface area contributed by atoms with Crippen LogP contribution in [0.5, 0.6) is 0 Å². The Kier molecular flexibility index (Phi) is 4.50. The van der Waals surface area contributed by atoms with Gasteiger partial charge >= 0.3 is 0 Å². The van der Waals surface area contributed by atoms with Gasteiger partial charge in [-0.3, -0.25) is 9.78 Å². The second-order valence-electron chi connectivity index (χ2n) is 7.02. The van der Waals surface area contributed by atoms with E-state index in [1.54, 1.807) is 36.0 Å². The maximum atomic E-state index is 14.2. The van der Waals surface area contributed by atoms with E-state index in [4.69, 9.17) is 5.73 Å². The third kappa shape index (κ3) is 3.08. The zero-order chi connectivity index (χ0) is 19.7. The molecule has 0 atom stereocenters. The van der Waals surface area contributed by atoms with Gasteiger partial charge in [-0.15, -0.1) is 10.2 Å². The lowest BCUT2D eigenvalue weighted by molar-refractivity contribution is 0.0992. The fourth-order valence-electron chi connectivity index (χ4n) is 3.56. The van der Waals surface area contributed by atoms with Crippen LogP contribution in [-0.4, -0.2) is 37.2 Å². The maximum Gasteiger partial charge on any atom is 0.266 e. The van der Waals surface area contributed by atoms with Gasteiger partial charge in [-0.25, -0.2) is 9.37 Å². The molecule has 0 aromatic carbocycles. The highest BCUT2D eigenvalue weighted by atomic mass is 19.1. The summed E-state index contributed by atoms with van der Waals surface area (Å²) in [7, 11) is 1.69. The summed E-state index contributed by atoms with van der Waals surface area (Å²) < 4.78 is 15.8. The minimum Gasteiger partial charge on any atom is -0.368 e. The average Bonchev–Trinajstić information content (AvgIpc) is 3.04. The molecule has 0 aliphatic heterocycles. The molecule has 1 fully saturated rings. The Morgan fingerprint density at radius 3 is 2.68 bits per heavy atom. The Labute approximate surface area is 161 Å². The molecule has 8 nitrogen and oxygen atoms in total. The van der Waals surface area contributed by atoms with Crippen molar-refractivity contribution in [3.63, 3.8) is 0 Å². The van der Waals surface area contributed by atoms with Gasteiger partial charge in [0.1, 0.15) is 23.0 Å². The van der Waals surface area contributed by atoms with Crippen molar-refractivity contribution in [3.8, 4) is 11.5 Å². The normalized spacial score (nSPS) is 15.1. The number of halogens is 1. The molecule has 1 aliphatic carbocycles. The van der Waals surface area contributed by atoms with Crippen LogP contribution in [0.3, 0.4) is 0 Å². The van der Waals surface area contributed by atoms with Crippen molar-refractivity contribution in [3.05, 3.63) is 53.9 Å². The van der Waals surface area contributed by atoms with Crippen LogP contribution in [-0.2, 0) is 12.5 Å². The number of nitrogens with zero attached hydrogens (tertiary/aromatic N) is 5. The molecule has 0 saturated heterocycles. The Morgan fingerprint density at radius 2 is 2.11 bits per heavy atom. The van der Waals surface area contributed by atoms with E-state index in [1.807, 2.05) is 0 Å². The van der Waals surface area contributed by atoms with Crippen molar-refractivity contribution in [1.29, 1.82) is 0 Å². The number of hydrogen-bond donors (Lipinski definition) is 2. The number of nitrogens with two attached hydrogens (primary N) is 1. The monoisotopic (exact) mass is 381 g/mol. The van der Waals surface area contributed by atoms with Crippen LogP contribution in [0.1, 0.15) is 35.4 Å². The lowest BCUT2D eigenvalue weighted by Gasteiger charge is -2.41. The fourth-order valence-corrected chi connectivity index (χ4v) is 3.56. The third-order valence-electron chi connectivity index (χ3n) is 5.31. The summed E-state index contributed by atoms with van der Waals surface area (Å²) in [5, 5.41) is 11.6. The van der Waals surface area contributed by atoms with Crippen LogP contribution in [0.15, 0.2) is 36.7 Å². The molecule has 28 heavy (non-hydrogen) atoms. The molecule has 0 radical (unpaired) electrons. The lowest BCUT2D eigenvalue weighted by atomic mass is 9.66. The van der Waals surface area contributed by atoms with Crippen LogP contribution in [0.4, 0.5) is 10.2 Å². The van der Waals surface area contributed by atoms with Gasteiger partial charge in [-0.2, -0.15) is 0 Å². The van der Waals surface area contributed by atoms with E-state index in [-0.39, 0.29) is 11.2 Å². The number of nitrogens with one attached hydrogen (secondary N) is 1. The highest BCUT2D eigenvalue weighted by molar-refractivity contribution is 5.91. The van der Waals surface area contributed by atoms with Gasteiger partial charge in [-0.1, -0.05) is 6.42 Å². The van der Waals surface area contributed by atoms with Crippen molar-refractivity contribution in [2.75, 3.05) is 11.9 Å². The summed E-state index contributed by atoms with van der Waals surface area (Å²) in [6.07, 6.45) is 5.84. The number of pyridine rings is 1. The molecule has 9 heteroatoms. The molecule has 144 valence electrons. The van der Waals surface area contributed by atoms with Gasteiger partial charge in [0.25, 0.3) is 5.91 Å². The SMILES string of the molecule is Cn1c(C(N)=O)cnc1-c1ccc(NCC2(c3ncccc3F)CCC2)nn1. The van der Waals surface area contributed by atoms with E-state index < -0.39 is 5.91 Å². The molecule has 3 N–H and O–H groups in total. The first-order chi connectivity index (χ1) is 13.5. The Bertz CT molecular complexity index is 1010. The number of carbonyl (C=O) groups excluding carboxylic acids is 1. The second-order valence-corrected chi connectivity index (χ2v) is 7.02. The number of imidazole rings is 1. The lowest BCUT2D eigenvalue weighted by Crippen LogP contribution is -2.42. The van der Waals surface area contributed by atoms with Crippen molar-refractivity contribution >= 4 is 11.7 Å². The zero-order valence-corrected chi connectivity index (χ0v) is 15.4. The van der Waals surface area contributed by atoms with E-state index in [0.717, 1.165) is 19.3 Å². The maximum absolute atomic E-state index is 14.2. The highest BCUT2D eigenvalue weighted by Crippen LogP contribution is 2.43. The molecule has 1 amide bonds. The van der Waals surface area contributed by atoms with Gasteiger partial charge in [0.05, 0.1) is 11.9 Å². The predicted molar refractivity (Wildman–Crippen MR) is 101 cm³/mol. The quantitative estimate of drug-likeness (QED) is 0.676. The predicted octanol–water partition coefficient (Wildman–Crippen LogP) is 2.04. The third-order valence-corrected chi connectivity index (χ3v) is 5.31. The molecule has 1 aliphatic rings. The van der Waals surface area contributed by atoms with Crippen LogP contribution < -0.4 is 11.1 Å². The number of rotatable bonds is 6. The molecule has 0 spiro atoms. The van der Waals surface area contributed by atoms with Gasteiger partial charge in [0.15, 0.2) is 5.82 Å². The van der Waals surface area contributed by atoms with Crippen LogP contribution in [0, 0.1) is 5.82 Å². The van der Waals surface area contributed by atoms with Crippen LogP contribution >= 0.6 is 0 Å². The average molecular weight is 381 g/mol. The van der Waals surface area contributed by atoms with Crippen molar-refractivity contribution in [2.24, 2.45) is 12.8 Å². The zero-order valence-electron chi connectivity index (χ0n) is 15.4. The summed E-state index contributed by atoms with van der Waals surface area (Å²) in [4.78, 5) is 19.8. The molecule has 4 rings (SSSR count). The molecule has 0 unspecified atom stereocenters. The number of anilines is 1. The number of amides is 1. The first kappa shape index (κ1) is 18.0. The van der Waals surface area contributed by atoms with Crippen LogP contribution in [0.25, 0.3) is 11.5 Å². The number of primary amides is 1. The molecule has 3 aromatic rings. The highest BCUT2D eigenvalue weighted by Gasteiger charge is 2.41. The molecular weight excluding hydrogens is 361 g/mol. The fraction of sp³-hybridized carbons (Fsp3) is 0.316. The first-order valence-electron chi connectivity index (χ1n) is 9.01. The number of aromatic nitrogens is 5. The number of carbonyl (C=O) groups is 1. The van der Waals surface area contributed by atoms with Gasteiger partial charge in [0.2, 0.25) is 0 Å². The van der Waals surface area contributed by atoms with Gasteiger partial charge in [-0.05, 0) is 37.1 Å². The summed E-state index contributed by atoms with van der Waals surface area (Å²) in [5.41, 5.74) is 6.31.